The molecule has 0 radical (unpaired) electrons. The second kappa shape index (κ2) is 7.41. The summed E-state index contributed by atoms with van der Waals surface area (Å²) in [6, 6.07) is 5.48. The highest BCUT2D eigenvalue weighted by atomic mass is 32.1. The molecule has 0 saturated carbocycles. The fourth-order valence-electron chi connectivity index (χ4n) is 2.25. The van der Waals surface area contributed by atoms with Crippen LogP contribution in [0.2, 0.25) is 0 Å². The van der Waals surface area contributed by atoms with Crippen LogP contribution in [-0.4, -0.2) is 30.1 Å². The molecule has 0 spiro atoms. The van der Waals surface area contributed by atoms with Crippen molar-refractivity contribution in [3.63, 3.8) is 0 Å². The predicted molar refractivity (Wildman–Crippen MR) is 86.9 cm³/mol. The van der Waals surface area contributed by atoms with Crippen LogP contribution in [0.1, 0.15) is 58.4 Å². The van der Waals surface area contributed by atoms with E-state index in [-0.39, 0.29) is 5.54 Å². The molecule has 1 aromatic heterocycles. The Bertz CT molecular complexity index is 340. The van der Waals surface area contributed by atoms with E-state index < -0.39 is 0 Å². The van der Waals surface area contributed by atoms with Crippen molar-refractivity contribution < 1.29 is 0 Å². The Morgan fingerprint density at radius 3 is 2.53 bits per heavy atom. The van der Waals surface area contributed by atoms with E-state index in [0.29, 0.717) is 12.1 Å². The van der Waals surface area contributed by atoms with Crippen LogP contribution < -0.4 is 5.32 Å². The lowest BCUT2D eigenvalue weighted by molar-refractivity contribution is 0.164. The summed E-state index contributed by atoms with van der Waals surface area (Å²) in [6.45, 7) is 12.3. The molecule has 0 aromatic carbocycles. The number of hydrogen-bond donors (Lipinski definition) is 1. The molecule has 1 heterocycles. The standard InChI is InChI=1S/C16H30N2S/c1-7-9-14(12-17-16(3,4)5)18(6)13(2)15-10-8-11-19-15/h8,10-11,13-14,17H,7,9,12H2,1-6H3. The maximum atomic E-state index is 3.65. The highest BCUT2D eigenvalue weighted by Gasteiger charge is 2.22. The molecule has 0 amide bonds. The quantitative estimate of drug-likeness (QED) is 0.802. The lowest BCUT2D eigenvalue weighted by atomic mass is 10.0. The van der Waals surface area contributed by atoms with Crippen LogP contribution in [0, 0.1) is 0 Å². The third kappa shape index (κ3) is 5.64. The molecule has 2 nitrogen and oxygen atoms in total. The lowest BCUT2D eigenvalue weighted by Crippen LogP contribution is -2.47. The highest BCUT2D eigenvalue weighted by molar-refractivity contribution is 7.10. The van der Waals surface area contributed by atoms with Crippen molar-refractivity contribution in [1.29, 1.82) is 0 Å². The van der Waals surface area contributed by atoms with Gasteiger partial charge in [0, 0.05) is 29.0 Å². The first-order chi connectivity index (χ1) is 8.85. The smallest absolute Gasteiger partial charge is 0.0413 e. The van der Waals surface area contributed by atoms with Crippen molar-refractivity contribution in [2.45, 2.75) is 65.1 Å². The summed E-state index contributed by atoms with van der Waals surface area (Å²) in [5.74, 6) is 0. The Balaban J connectivity index is 2.64. The molecule has 1 rings (SSSR count). The molecule has 1 N–H and O–H groups in total. The van der Waals surface area contributed by atoms with Gasteiger partial charge >= 0.3 is 0 Å². The van der Waals surface area contributed by atoms with Crippen molar-refractivity contribution in [3.8, 4) is 0 Å². The van der Waals surface area contributed by atoms with Gasteiger partial charge in [-0.05, 0) is 52.6 Å². The Morgan fingerprint density at radius 1 is 1.37 bits per heavy atom. The zero-order valence-electron chi connectivity index (χ0n) is 13.4. The average molecular weight is 282 g/mol. The predicted octanol–water partition coefficient (Wildman–Crippen LogP) is 4.30. The fourth-order valence-corrected chi connectivity index (χ4v) is 3.09. The number of likely N-dealkylation sites (N-methyl/N-ethyl adjacent to an activating group) is 1. The Labute approximate surface area is 123 Å². The molecule has 0 aliphatic heterocycles. The Hall–Kier alpha value is -0.380. The van der Waals surface area contributed by atoms with Gasteiger partial charge in [0.25, 0.3) is 0 Å². The van der Waals surface area contributed by atoms with Gasteiger partial charge < -0.3 is 5.32 Å². The molecule has 0 aliphatic carbocycles. The monoisotopic (exact) mass is 282 g/mol. The molecule has 19 heavy (non-hydrogen) atoms. The highest BCUT2D eigenvalue weighted by Crippen LogP contribution is 2.26. The number of thiophene rings is 1. The molecule has 2 unspecified atom stereocenters. The second-order valence-corrected chi connectivity index (χ2v) is 7.41. The van der Waals surface area contributed by atoms with Crippen LogP contribution in [0.3, 0.4) is 0 Å². The van der Waals surface area contributed by atoms with Crippen LogP contribution in [0.15, 0.2) is 17.5 Å². The number of nitrogens with zero attached hydrogens (tertiary/aromatic N) is 1. The number of hydrogen-bond acceptors (Lipinski definition) is 3. The summed E-state index contributed by atoms with van der Waals surface area (Å²) < 4.78 is 0. The van der Waals surface area contributed by atoms with E-state index in [2.05, 4.69) is 69.4 Å². The summed E-state index contributed by atoms with van der Waals surface area (Å²) in [5, 5.41) is 5.82. The molecule has 2 atom stereocenters. The molecular formula is C16H30N2S. The van der Waals surface area contributed by atoms with Gasteiger partial charge in [0.05, 0.1) is 0 Å². The molecule has 0 bridgehead atoms. The maximum Gasteiger partial charge on any atom is 0.0413 e. The third-order valence-electron chi connectivity index (χ3n) is 3.63. The topological polar surface area (TPSA) is 15.3 Å². The summed E-state index contributed by atoms with van der Waals surface area (Å²) in [6.07, 6.45) is 2.48. The van der Waals surface area contributed by atoms with E-state index in [9.17, 15) is 0 Å². The number of nitrogens with one attached hydrogen (secondary N) is 1. The van der Waals surface area contributed by atoms with E-state index >= 15 is 0 Å². The SMILES string of the molecule is CCCC(CNC(C)(C)C)N(C)C(C)c1cccs1. The Kier molecular flexibility index (Phi) is 6.51. The third-order valence-corrected chi connectivity index (χ3v) is 4.67. The van der Waals surface area contributed by atoms with Gasteiger partial charge in [-0.2, -0.15) is 0 Å². The van der Waals surface area contributed by atoms with E-state index in [1.54, 1.807) is 0 Å². The zero-order chi connectivity index (χ0) is 14.5. The van der Waals surface area contributed by atoms with Gasteiger partial charge in [-0.1, -0.05) is 19.4 Å². The van der Waals surface area contributed by atoms with Crippen LogP contribution in [-0.2, 0) is 0 Å². The largest absolute Gasteiger partial charge is 0.311 e. The maximum absolute atomic E-state index is 3.65. The molecule has 0 saturated heterocycles. The van der Waals surface area contributed by atoms with Crippen LogP contribution in [0.5, 0.6) is 0 Å². The van der Waals surface area contributed by atoms with Crippen LogP contribution in [0.25, 0.3) is 0 Å². The second-order valence-electron chi connectivity index (χ2n) is 6.43. The van der Waals surface area contributed by atoms with Gasteiger partial charge in [-0.25, -0.2) is 0 Å². The van der Waals surface area contributed by atoms with E-state index in [1.165, 1.54) is 17.7 Å². The molecular weight excluding hydrogens is 252 g/mol. The zero-order valence-corrected chi connectivity index (χ0v) is 14.2. The first-order valence-electron chi connectivity index (χ1n) is 7.35. The molecule has 3 heteroatoms. The van der Waals surface area contributed by atoms with Crippen molar-refractivity contribution >= 4 is 11.3 Å². The fraction of sp³-hybridized carbons (Fsp3) is 0.750. The average Bonchev–Trinajstić information content (AvgIpc) is 2.85. The molecule has 1 aromatic rings. The molecule has 110 valence electrons. The summed E-state index contributed by atoms with van der Waals surface area (Å²) in [5.41, 5.74) is 0.193. The normalized spacial score (nSPS) is 15.7. The van der Waals surface area contributed by atoms with Crippen molar-refractivity contribution in [2.75, 3.05) is 13.6 Å². The summed E-state index contributed by atoms with van der Waals surface area (Å²) >= 11 is 1.86. The van der Waals surface area contributed by atoms with Gasteiger partial charge in [0.15, 0.2) is 0 Å². The van der Waals surface area contributed by atoms with E-state index in [4.69, 9.17) is 0 Å². The minimum atomic E-state index is 0.193. The van der Waals surface area contributed by atoms with Gasteiger partial charge in [-0.3, -0.25) is 4.90 Å². The minimum absolute atomic E-state index is 0.193. The van der Waals surface area contributed by atoms with Crippen molar-refractivity contribution in [1.82, 2.24) is 10.2 Å². The summed E-state index contributed by atoms with van der Waals surface area (Å²) in [4.78, 5) is 3.98. The molecule has 0 aliphatic rings. The summed E-state index contributed by atoms with van der Waals surface area (Å²) in [7, 11) is 2.26. The minimum Gasteiger partial charge on any atom is -0.311 e. The van der Waals surface area contributed by atoms with Gasteiger partial charge in [0.2, 0.25) is 0 Å². The van der Waals surface area contributed by atoms with Crippen LogP contribution in [0.4, 0.5) is 0 Å². The first kappa shape index (κ1) is 16.7. The Morgan fingerprint density at radius 2 is 2.05 bits per heavy atom. The number of rotatable bonds is 7. The van der Waals surface area contributed by atoms with Crippen LogP contribution >= 0.6 is 11.3 Å². The lowest BCUT2D eigenvalue weighted by Gasteiger charge is -2.35. The van der Waals surface area contributed by atoms with E-state index in [0.717, 1.165) is 6.54 Å². The van der Waals surface area contributed by atoms with Gasteiger partial charge in [0.1, 0.15) is 0 Å². The van der Waals surface area contributed by atoms with Crippen molar-refractivity contribution in [3.05, 3.63) is 22.4 Å². The van der Waals surface area contributed by atoms with Crippen molar-refractivity contribution in [2.24, 2.45) is 0 Å². The van der Waals surface area contributed by atoms with Gasteiger partial charge in [-0.15, -0.1) is 11.3 Å². The molecule has 0 fully saturated rings. The first-order valence-corrected chi connectivity index (χ1v) is 8.23. The van der Waals surface area contributed by atoms with E-state index in [1.807, 2.05) is 11.3 Å².